The molecule has 3 rings (SSSR count). The van der Waals surface area contributed by atoms with Crippen molar-refractivity contribution in [3.8, 4) is 5.75 Å². The summed E-state index contributed by atoms with van der Waals surface area (Å²) in [6.45, 7) is 5.20. The quantitative estimate of drug-likeness (QED) is 0.786. The summed E-state index contributed by atoms with van der Waals surface area (Å²) < 4.78 is 11.0. The molecule has 0 aliphatic carbocycles. The number of hydrogen-bond donors (Lipinski definition) is 1. The molecule has 0 atom stereocenters. The molecule has 1 aliphatic heterocycles. The van der Waals surface area contributed by atoms with Crippen molar-refractivity contribution >= 4 is 5.91 Å². The summed E-state index contributed by atoms with van der Waals surface area (Å²) in [7, 11) is 0. The van der Waals surface area contributed by atoms with E-state index >= 15 is 0 Å². The van der Waals surface area contributed by atoms with E-state index in [0.717, 1.165) is 44.2 Å². The Bertz CT molecular complexity index is 670. The third-order valence-corrected chi connectivity index (χ3v) is 4.10. The Hall–Kier alpha value is -2.37. The van der Waals surface area contributed by atoms with Gasteiger partial charge in [0, 0.05) is 25.2 Å². The molecule has 1 saturated heterocycles. The van der Waals surface area contributed by atoms with E-state index in [1.165, 1.54) is 0 Å². The Balaban J connectivity index is 1.45. The molecule has 0 radical (unpaired) electrons. The number of benzene rings is 2. The molecule has 0 aromatic heterocycles. The fourth-order valence-corrected chi connectivity index (χ4v) is 2.78. The number of nitrogens with one attached hydrogen (secondary N) is 1. The molecule has 1 heterocycles. The number of rotatable bonds is 7. The summed E-state index contributed by atoms with van der Waals surface area (Å²) in [6.07, 6.45) is 0. The lowest BCUT2D eigenvalue weighted by atomic mass is 10.1. The van der Waals surface area contributed by atoms with E-state index in [1.54, 1.807) is 0 Å². The van der Waals surface area contributed by atoms with Gasteiger partial charge in [0.2, 0.25) is 0 Å². The number of carbonyl (C=O) groups is 1. The second-order valence-electron chi connectivity index (χ2n) is 6.01. The summed E-state index contributed by atoms with van der Waals surface area (Å²) in [5, 5.41) is 2.90. The Morgan fingerprint density at radius 1 is 1.08 bits per heavy atom. The highest BCUT2D eigenvalue weighted by molar-refractivity contribution is 5.94. The molecule has 1 amide bonds. The van der Waals surface area contributed by atoms with Gasteiger partial charge in [-0.3, -0.25) is 9.69 Å². The predicted molar refractivity (Wildman–Crippen MR) is 96.8 cm³/mol. The molecule has 25 heavy (non-hydrogen) atoms. The van der Waals surface area contributed by atoms with Crippen LogP contribution in [-0.4, -0.2) is 50.3 Å². The zero-order valence-corrected chi connectivity index (χ0v) is 14.3. The summed E-state index contributed by atoms with van der Waals surface area (Å²) >= 11 is 0. The van der Waals surface area contributed by atoms with Gasteiger partial charge >= 0.3 is 0 Å². The molecule has 0 spiro atoms. The molecule has 0 saturated carbocycles. The normalized spacial score (nSPS) is 14.9. The van der Waals surface area contributed by atoms with Gasteiger partial charge in [0.05, 0.1) is 19.8 Å². The van der Waals surface area contributed by atoms with E-state index in [2.05, 4.69) is 16.3 Å². The van der Waals surface area contributed by atoms with Crippen molar-refractivity contribution in [3.63, 3.8) is 0 Å². The van der Waals surface area contributed by atoms with E-state index in [4.69, 9.17) is 9.47 Å². The Kier molecular flexibility index (Phi) is 6.42. The van der Waals surface area contributed by atoms with Gasteiger partial charge in [0.25, 0.3) is 5.91 Å². The largest absolute Gasteiger partial charge is 0.492 e. The molecule has 5 heteroatoms. The molecular formula is C20H24N2O3. The lowest BCUT2D eigenvalue weighted by Gasteiger charge is -2.26. The van der Waals surface area contributed by atoms with Crippen molar-refractivity contribution in [1.29, 1.82) is 0 Å². The third-order valence-electron chi connectivity index (χ3n) is 4.10. The molecule has 1 fully saturated rings. The molecule has 0 bridgehead atoms. The van der Waals surface area contributed by atoms with Crippen LogP contribution in [0.3, 0.4) is 0 Å². The van der Waals surface area contributed by atoms with Crippen LogP contribution in [0.4, 0.5) is 0 Å². The lowest BCUT2D eigenvalue weighted by molar-refractivity contribution is 0.0342. The topological polar surface area (TPSA) is 50.8 Å². The van der Waals surface area contributed by atoms with Gasteiger partial charge < -0.3 is 14.8 Å². The van der Waals surface area contributed by atoms with E-state index < -0.39 is 0 Å². The zero-order chi connectivity index (χ0) is 17.3. The van der Waals surface area contributed by atoms with Gasteiger partial charge in [-0.1, -0.05) is 30.3 Å². The van der Waals surface area contributed by atoms with Crippen LogP contribution in [0, 0.1) is 0 Å². The van der Waals surface area contributed by atoms with Gasteiger partial charge in [-0.15, -0.1) is 0 Å². The lowest BCUT2D eigenvalue weighted by Crippen LogP contribution is -2.35. The first-order valence-corrected chi connectivity index (χ1v) is 8.66. The van der Waals surface area contributed by atoms with Crippen molar-refractivity contribution in [2.45, 2.75) is 6.54 Å². The van der Waals surface area contributed by atoms with E-state index in [9.17, 15) is 4.79 Å². The fraction of sp³-hybridized carbons (Fsp3) is 0.350. The predicted octanol–water partition coefficient (Wildman–Crippen LogP) is 2.33. The number of carbonyl (C=O) groups excluding carboxylic acids is 1. The summed E-state index contributed by atoms with van der Waals surface area (Å²) in [5.41, 5.74) is 1.83. The molecule has 2 aromatic rings. The maximum atomic E-state index is 12.3. The van der Waals surface area contributed by atoms with E-state index in [1.807, 2.05) is 48.5 Å². The zero-order valence-electron chi connectivity index (χ0n) is 14.3. The highest BCUT2D eigenvalue weighted by atomic mass is 16.5. The van der Waals surface area contributed by atoms with Crippen LogP contribution in [0.25, 0.3) is 0 Å². The first-order valence-electron chi connectivity index (χ1n) is 8.66. The first-order chi connectivity index (χ1) is 12.3. The van der Waals surface area contributed by atoms with Crippen LogP contribution < -0.4 is 10.1 Å². The molecule has 1 aliphatic rings. The van der Waals surface area contributed by atoms with Gasteiger partial charge in [-0.2, -0.15) is 0 Å². The number of nitrogens with zero attached hydrogens (tertiary/aromatic N) is 1. The van der Waals surface area contributed by atoms with Gasteiger partial charge in [-0.25, -0.2) is 0 Å². The fourth-order valence-electron chi connectivity index (χ4n) is 2.78. The van der Waals surface area contributed by atoms with Gasteiger partial charge in [0.1, 0.15) is 12.4 Å². The second kappa shape index (κ2) is 9.20. The van der Waals surface area contributed by atoms with Crippen molar-refractivity contribution in [2.75, 3.05) is 39.5 Å². The average Bonchev–Trinajstić information content (AvgIpc) is 2.67. The molecule has 132 valence electrons. The third kappa shape index (κ3) is 5.59. The summed E-state index contributed by atoms with van der Waals surface area (Å²) in [6, 6.07) is 17.4. The standard InChI is InChI=1S/C20H24N2O3/c23-20(21-9-12-25-19-7-2-1-3-8-19)18-6-4-5-17(15-18)16-22-10-13-24-14-11-22/h1-8,15H,9-14,16H2,(H,21,23). The minimum absolute atomic E-state index is 0.0690. The number of hydrogen-bond acceptors (Lipinski definition) is 4. The monoisotopic (exact) mass is 340 g/mol. The summed E-state index contributed by atoms with van der Waals surface area (Å²) in [4.78, 5) is 14.6. The highest BCUT2D eigenvalue weighted by Crippen LogP contribution is 2.10. The smallest absolute Gasteiger partial charge is 0.251 e. The number of amides is 1. The Labute approximate surface area is 148 Å². The van der Waals surface area contributed by atoms with E-state index in [0.29, 0.717) is 18.7 Å². The average molecular weight is 340 g/mol. The molecular weight excluding hydrogens is 316 g/mol. The number of morpholine rings is 1. The van der Waals surface area contributed by atoms with Crippen molar-refractivity contribution in [1.82, 2.24) is 10.2 Å². The number of ether oxygens (including phenoxy) is 2. The Morgan fingerprint density at radius 2 is 1.88 bits per heavy atom. The van der Waals surface area contributed by atoms with Crippen molar-refractivity contribution in [2.24, 2.45) is 0 Å². The maximum Gasteiger partial charge on any atom is 0.251 e. The van der Waals surface area contributed by atoms with Gasteiger partial charge in [0.15, 0.2) is 0 Å². The SMILES string of the molecule is O=C(NCCOc1ccccc1)c1cccc(CN2CCOCC2)c1. The highest BCUT2D eigenvalue weighted by Gasteiger charge is 2.12. The minimum atomic E-state index is -0.0690. The van der Waals surface area contributed by atoms with Crippen LogP contribution in [-0.2, 0) is 11.3 Å². The molecule has 2 aromatic carbocycles. The second-order valence-corrected chi connectivity index (χ2v) is 6.01. The minimum Gasteiger partial charge on any atom is -0.492 e. The first kappa shape index (κ1) is 17.5. The maximum absolute atomic E-state index is 12.3. The van der Waals surface area contributed by atoms with Crippen LogP contribution in [0.1, 0.15) is 15.9 Å². The van der Waals surface area contributed by atoms with Crippen LogP contribution in [0.15, 0.2) is 54.6 Å². The van der Waals surface area contributed by atoms with E-state index in [-0.39, 0.29) is 5.91 Å². The van der Waals surface area contributed by atoms with Crippen LogP contribution in [0.5, 0.6) is 5.75 Å². The molecule has 1 N–H and O–H groups in total. The van der Waals surface area contributed by atoms with Gasteiger partial charge in [-0.05, 0) is 29.8 Å². The molecule has 5 nitrogen and oxygen atoms in total. The van der Waals surface area contributed by atoms with Crippen LogP contribution in [0.2, 0.25) is 0 Å². The van der Waals surface area contributed by atoms with Crippen LogP contribution >= 0.6 is 0 Å². The van der Waals surface area contributed by atoms with Crippen molar-refractivity contribution < 1.29 is 14.3 Å². The Morgan fingerprint density at radius 3 is 2.68 bits per heavy atom. The number of para-hydroxylation sites is 1. The molecule has 0 unspecified atom stereocenters. The van der Waals surface area contributed by atoms with Crippen molar-refractivity contribution in [3.05, 3.63) is 65.7 Å². The summed E-state index contributed by atoms with van der Waals surface area (Å²) in [5.74, 6) is 0.741.